The summed E-state index contributed by atoms with van der Waals surface area (Å²) in [7, 11) is -1.89. The molecule has 2 aromatic carbocycles. The van der Waals surface area contributed by atoms with E-state index in [4.69, 9.17) is 21.3 Å². The van der Waals surface area contributed by atoms with Crippen LogP contribution in [0.5, 0.6) is 5.75 Å². The first-order chi connectivity index (χ1) is 16.7. The van der Waals surface area contributed by atoms with Gasteiger partial charge in [0.2, 0.25) is 5.91 Å². The van der Waals surface area contributed by atoms with E-state index in [2.05, 4.69) is 18.7 Å². The first kappa shape index (κ1) is 27.4. The van der Waals surface area contributed by atoms with Gasteiger partial charge in [0.1, 0.15) is 11.3 Å². The summed E-state index contributed by atoms with van der Waals surface area (Å²) in [6.07, 6.45) is 0.329. The number of thiazole rings is 1. The number of fused-ring (bicyclic) bond motifs is 1. The zero-order valence-electron chi connectivity index (χ0n) is 20.6. The van der Waals surface area contributed by atoms with Crippen LogP contribution in [0.1, 0.15) is 32.3 Å². The Morgan fingerprint density at radius 3 is 2.40 bits per heavy atom. The minimum atomic E-state index is -3.50. The van der Waals surface area contributed by atoms with Gasteiger partial charge in [-0.3, -0.25) is 9.69 Å². The van der Waals surface area contributed by atoms with Crippen molar-refractivity contribution in [2.75, 3.05) is 43.9 Å². The fourth-order valence-electron chi connectivity index (χ4n) is 3.80. The number of amides is 1. The molecule has 7 nitrogen and oxygen atoms in total. The summed E-state index contributed by atoms with van der Waals surface area (Å²) in [6.45, 7) is 9.12. The summed E-state index contributed by atoms with van der Waals surface area (Å²) in [5.74, 6) is 0.411. The third-order valence-corrected chi connectivity index (χ3v) is 9.24. The lowest BCUT2D eigenvalue weighted by molar-refractivity contribution is -0.118. The third kappa shape index (κ3) is 6.73. The van der Waals surface area contributed by atoms with Crippen LogP contribution in [-0.4, -0.2) is 63.3 Å². The number of ether oxygens (including phenoxy) is 1. The van der Waals surface area contributed by atoms with E-state index in [0.717, 1.165) is 28.9 Å². The summed E-state index contributed by atoms with van der Waals surface area (Å²) in [5.41, 5.74) is 1.80. The number of sulfone groups is 1. The van der Waals surface area contributed by atoms with Crippen molar-refractivity contribution >= 4 is 54.0 Å². The lowest BCUT2D eigenvalue weighted by Gasteiger charge is -2.24. The van der Waals surface area contributed by atoms with Gasteiger partial charge in [-0.2, -0.15) is 0 Å². The van der Waals surface area contributed by atoms with Gasteiger partial charge in [-0.25, -0.2) is 13.4 Å². The van der Waals surface area contributed by atoms with E-state index in [1.54, 1.807) is 24.1 Å². The molecule has 0 aliphatic carbocycles. The molecule has 10 heteroatoms. The van der Waals surface area contributed by atoms with Gasteiger partial charge in [0, 0.05) is 24.5 Å². The summed E-state index contributed by atoms with van der Waals surface area (Å²) in [4.78, 5) is 22.2. The van der Waals surface area contributed by atoms with Gasteiger partial charge in [0.25, 0.3) is 0 Å². The van der Waals surface area contributed by atoms with Crippen LogP contribution in [0, 0.1) is 6.92 Å². The summed E-state index contributed by atoms with van der Waals surface area (Å²) in [6, 6.07) is 9.95. The van der Waals surface area contributed by atoms with Gasteiger partial charge < -0.3 is 9.64 Å². The Hall–Kier alpha value is -2.20. The average Bonchev–Trinajstić information content (AvgIpc) is 3.28. The highest BCUT2D eigenvalue weighted by atomic mass is 35.5. The van der Waals surface area contributed by atoms with Gasteiger partial charge in [-0.15, -0.1) is 0 Å². The fourth-order valence-corrected chi connectivity index (χ4v) is 6.33. The van der Waals surface area contributed by atoms with Crippen molar-refractivity contribution < 1.29 is 17.9 Å². The Bertz CT molecular complexity index is 1260. The molecule has 0 unspecified atom stereocenters. The molecule has 0 saturated heterocycles. The van der Waals surface area contributed by atoms with Crippen LogP contribution in [-0.2, 0) is 14.6 Å². The molecule has 0 radical (unpaired) electrons. The van der Waals surface area contributed by atoms with E-state index < -0.39 is 9.84 Å². The molecule has 1 aromatic heterocycles. The topological polar surface area (TPSA) is 79.8 Å². The van der Waals surface area contributed by atoms with E-state index in [-0.39, 0.29) is 29.4 Å². The van der Waals surface area contributed by atoms with Gasteiger partial charge >= 0.3 is 0 Å². The molecule has 190 valence electrons. The number of rotatable bonds is 12. The molecule has 0 saturated carbocycles. The van der Waals surface area contributed by atoms with Crippen LogP contribution in [0.4, 0.5) is 5.13 Å². The monoisotopic (exact) mass is 537 g/mol. The molecule has 35 heavy (non-hydrogen) atoms. The minimum absolute atomic E-state index is 0.108. The number of aryl methyl sites for hydroxylation is 1. The molecule has 1 heterocycles. The van der Waals surface area contributed by atoms with Crippen molar-refractivity contribution in [1.82, 2.24) is 9.88 Å². The number of nitrogens with zero attached hydrogens (tertiary/aromatic N) is 3. The number of carbonyl (C=O) groups is 1. The third-order valence-electron chi connectivity index (χ3n) is 5.95. The maximum atomic E-state index is 13.3. The van der Waals surface area contributed by atoms with Crippen molar-refractivity contribution in [3.8, 4) is 5.75 Å². The number of halogens is 1. The molecular formula is C25H32ClN3O4S2. The van der Waals surface area contributed by atoms with Crippen LogP contribution in [0.15, 0.2) is 41.3 Å². The van der Waals surface area contributed by atoms with Crippen LogP contribution < -0.4 is 9.64 Å². The minimum Gasteiger partial charge on any atom is -0.494 e. The van der Waals surface area contributed by atoms with Crippen molar-refractivity contribution in [3.63, 3.8) is 0 Å². The highest BCUT2D eigenvalue weighted by molar-refractivity contribution is 7.91. The second kappa shape index (κ2) is 12.2. The fraction of sp³-hybridized carbons (Fsp3) is 0.440. The number of likely N-dealkylation sites (N-methyl/N-ethyl adjacent to an activating group) is 1. The number of aromatic nitrogens is 1. The second-order valence-corrected chi connectivity index (χ2v) is 11.7. The Kier molecular flexibility index (Phi) is 9.52. The molecule has 0 spiro atoms. The van der Waals surface area contributed by atoms with Gasteiger partial charge in [0.15, 0.2) is 15.0 Å². The van der Waals surface area contributed by atoms with Crippen LogP contribution in [0.3, 0.4) is 0 Å². The molecule has 0 fully saturated rings. The molecule has 3 rings (SSSR count). The predicted molar refractivity (Wildman–Crippen MR) is 144 cm³/mol. The van der Waals surface area contributed by atoms with E-state index in [9.17, 15) is 13.2 Å². The summed E-state index contributed by atoms with van der Waals surface area (Å²) < 4.78 is 31.8. The van der Waals surface area contributed by atoms with E-state index >= 15 is 0 Å². The average molecular weight is 538 g/mol. The van der Waals surface area contributed by atoms with Crippen LogP contribution in [0.2, 0.25) is 5.02 Å². The van der Waals surface area contributed by atoms with Crippen molar-refractivity contribution in [3.05, 3.63) is 47.0 Å². The Balaban J connectivity index is 1.80. The molecule has 0 bridgehead atoms. The normalized spacial score (nSPS) is 11.8. The molecule has 0 atom stereocenters. The Labute approximate surface area is 216 Å². The molecular weight excluding hydrogens is 506 g/mol. The highest BCUT2D eigenvalue weighted by Gasteiger charge is 2.23. The first-order valence-electron chi connectivity index (χ1n) is 11.6. The van der Waals surface area contributed by atoms with Crippen LogP contribution >= 0.6 is 22.9 Å². The molecule has 1 amide bonds. The van der Waals surface area contributed by atoms with Gasteiger partial charge in [0.05, 0.1) is 22.5 Å². The zero-order chi connectivity index (χ0) is 25.6. The summed E-state index contributed by atoms with van der Waals surface area (Å²) in [5, 5.41) is 1.08. The highest BCUT2D eigenvalue weighted by Crippen LogP contribution is 2.36. The maximum absolute atomic E-state index is 13.3. The van der Waals surface area contributed by atoms with Crippen molar-refractivity contribution in [2.45, 2.75) is 38.5 Å². The quantitative estimate of drug-likeness (QED) is 0.316. The smallest absolute Gasteiger partial charge is 0.228 e. The number of anilines is 1. The number of methoxy groups -OCH3 is 1. The van der Waals surface area contributed by atoms with Crippen LogP contribution in [0.25, 0.3) is 10.2 Å². The molecule has 0 aliphatic heterocycles. The Morgan fingerprint density at radius 2 is 1.77 bits per heavy atom. The standard InChI is InChI=1S/C25H32ClN3O4S2/c1-5-28(6-2)15-16-29(25-27-23-21(33-4)14-9-18(3)24(23)34-25)22(30)8-7-17-35(31,32)20-12-10-19(26)11-13-20/h9-14H,5-8,15-17H2,1-4H3. The van der Waals surface area contributed by atoms with Crippen molar-refractivity contribution in [1.29, 1.82) is 0 Å². The SMILES string of the molecule is CCN(CC)CCN(C(=O)CCCS(=O)(=O)c1ccc(Cl)cc1)c1nc2c(OC)ccc(C)c2s1. The Morgan fingerprint density at radius 1 is 1.09 bits per heavy atom. The predicted octanol–water partition coefficient (Wildman–Crippen LogP) is 5.20. The molecule has 3 aromatic rings. The number of hydrogen-bond acceptors (Lipinski definition) is 7. The first-order valence-corrected chi connectivity index (χ1v) is 14.5. The van der Waals surface area contributed by atoms with Gasteiger partial charge in [-0.05, 0) is 62.3 Å². The zero-order valence-corrected chi connectivity index (χ0v) is 23.0. The lowest BCUT2D eigenvalue weighted by atomic mass is 10.2. The second-order valence-electron chi connectivity index (χ2n) is 8.21. The largest absolute Gasteiger partial charge is 0.494 e. The molecule has 0 N–H and O–H groups in total. The van der Waals surface area contributed by atoms with E-state index in [0.29, 0.717) is 29.0 Å². The van der Waals surface area contributed by atoms with E-state index in [1.165, 1.54) is 23.5 Å². The van der Waals surface area contributed by atoms with Crippen molar-refractivity contribution in [2.24, 2.45) is 0 Å². The maximum Gasteiger partial charge on any atom is 0.228 e. The number of benzene rings is 2. The number of hydrogen-bond donors (Lipinski definition) is 0. The van der Waals surface area contributed by atoms with E-state index in [1.807, 2.05) is 19.1 Å². The van der Waals surface area contributed by atoms with Gasteiger partial charge in [-0.1, -0.05) is 42.9 Å². The summed E-state index contributed by atoms with van der Waals surface area (Å²) >= 11 is 7.33. The number of carbonyl (C=O) groups excluding carboxylic acids is 1. The lowest BCUT2D eigenvalue weighted by Crippen LogP contribution is -2.38. The molecule has 0 aliphatic rings.